The Morgan fingerprint density at radius 3 is 2.73 bits per heavy atom. The van der Waals surface area contributed by atoms with Crippen LogP contribution in [0.2, 0.25) is 0 Å². The van der Waals surface area contributed by atoms with Gasteiger partial charge in [-0.1, -0.05) is 13.8 Å². The van der Waals surface area contributed by atoms with Gasteiger partial charge >= 0.3 is 5.97 Å². The maximum atomic E-state index is 12.5. The lowest BCUT2D eigenvalue weighted by molar-refractivity contribution is -0.684. The summed E-state index contributed by atoms with van der Waals surface area (Å²) in [5.41, 5.74) is 2.82. The van der Waals surface area contributed by atoms with Crippen molar-refractivity contribution < 1.29 is 18.9 Å². The van der Waals surface area contributed by atoms with Crippen LogP contribution in [0.4, 0.5) is 5.00 Å². The fourth-order valence-electron chi connectivity index (χ4n) is 3.32. The molecule has 0 saturated heterocycles. The highest BCUT2D eigenvalue weighted by atomic mass is 32.1. The molecule has 6 heteroatoms. The molecule has 0 fully saturated rings. The Kier molecular flexibility index (Phi) is 5.71. The summed E-state index contributed by atoms with van der Waals surface area (Å²) in [6, 6.07) is 4.02. The third kappa shape index (κ3) is 3.96. The first-order valence-corrected chi connectivity index (χ1v) is 9.84. The van der Waals surface area contributed by atoms with E-state index in [1.54, 1.807) is 0 Å². The Bertz CT molecular complexity index is 811. The average molecular weight is 373 g/mol. The summed E-state index contributed by atoms with van der Waals surface area (Å²) in [6.07, 6.45) is 7.64. The minimum Gasteiger partial charge on any atom is -0.465 e. The Hall–Kier alpha value is -2.21. The van der Waals surface area contributed by atoms with Gasteiger partial charge in [0.05, 0.1) is 12.7 Å². The largest absolute Gasteiger partial charge is 0.465 e. The molecular formula is C20H25N2O3S+. The van der Waals surface area contributed by atoms with Gasteiger partial charge in [-0.3, -0.25) is 4.79 Å². The van der Waals surface area contributed by atoms with Gasteiger partial charge in [-0.05, 0) is 42.7 Å². The number of esters is 1. The van der Waals surface area contributed by atoms with E-state index in [1.807, 2.05) is 29.1 Å². The van der Waals surface area contributed by atoms with Gasteiger partial charge in [0.2, 0.25) is 6.54 Å². The average Bonchev–Trinajstić information content (AvgIpc) is 2.98. The first-order valence-electron chi connectivity index (χ1n) is 9.02. The zero-order chi connectivity index (χ0) is 18.7. The Labute approximate surface area is 158 Å². The van der Waals surface area contributed by atoms with Crippen LogP contribution in [-0.4, -0.2) is 19.0 Å². The molecule has 3 rings (SSSR count). The molecule has 26 heavy (non-hydrogen) atoms. The number of methoxy groups -OCH3 is 1. The number of aromatic nitrogens is 1. The predicted molar refractivity (Wildman–Crippen MR) is 101 cm³/mol. The lowest BCUT2D eigenvalue weighted by atomic mass is 9.88. The van der Waals surface area contributed by atoms with Crippen LogP contribution in [0.1, 0.15) is 46.6 Å². The predicted octanol–water partition coefficient (Wildman–Crippen LogP) is 3.15. The van der Waals surface area contributed by atoms with Gasteiger partial charge in [0.25, 0.3) is 5.91 Å². The highest BCUT2D eigenvalue weighted by Crippen LogP contribution is 2.39. The van der Waals surface area contributed by atoms with Gasteiger partial charge in [0.15, 0.2) is 12.4 Å². The molecule has 5 nitrogen and oxygen atoms in total. The first kappa shape index (κ1) is 18.6. The van der Waals surface area contributed by atoms with Crippen molar-refractivity contribution in [2.45, 2.75) is 46.1 Å². The molecule has 0 bridgehead atoms. The lowest BCUT2D eigenvalue weighted by Gasteiger charge is -2.18. The van der Waals surface area contributed by atoms with Crippen molar-refractivity contribution in [3.8, 4) is 0 Å². The number of hydrogen-bond acceptors (Lipinski definition) is 4. The first-order chi connectivity index (χ1) is 12.5. The molecule has 0 aliphatic heterocycles. The molecule has 1 amide bonds. The molecule has 0 radical (unpaired) electrons. The summed E-state index contributed by atoms with van der Waals surface area (Å²) in [5.74, 6) is 0.0891. The van der Waals surface area contributed by atoms with Gasteiger partial charge in [0, 0.05) is 17.0 Å². The summed E-state index contributed by atoms with van der Waals surface area (Å²) in [5, 5.41) is 3.55. The van der Waals surface area contributed by atoms with Crippen molar-refractivity contribution in [3.05, 3.63) is 46.1 Å². The van der Waals surface area contributed by atoms with Crippen molar-refractivity contribution in [2.24, 2.45) is 5.92 Å². The van der Waals surface area contributed by atoms with Crippen LogP contribution in [0.25, 0.3) is 0 Å². The van der Waals surface area contributed by atoms with Crippen LogP contribution >= 0.6 is 11.3 Å². The van der Waals surface area contributed by atoms with E-state index in [9.17, 15) is 9.59 Å². The molecule has 2 aromatic heterocycles. The molecule has 0 spiro atoms. The van der Waals surface area contributed by atoms with Crippen molar-refractivity contribution in [1.82, 2.24) is 0 Å². The standard InChI is InChI=1S/C20H24N2O3S/c1-4-14-7-9-22(10-8-14)12-17(23)21-19-18(20(24)25-3)15-6-5-13(2)11-16(15)26-19/h7-10,13H,4-6,11-12H2,1-3H3/p+1/t13-/m0/s1. The van der Waals surface area contributed by atoms with Gasteiger partial charge in [0.1, 0.15) is 5.00 Å². The topological polar surface area (TPSA) is 59.3 Å². The quantitative estimate of drug-likeness (QED) is 0.647. The second-order valence-electron chi connectivity index (χ2n) is 6.83. The maximum Gasteiger partial charge on any atom is 0.341 e. The summed E-state index contributed by atoms with van der Waals surface area (Å²) >= 11 is 1.51. The van der Waals surface area contributed by atoms with Crippen LogP contribution < -0.4 is 9.88 Å². The third-order valence-electron chi connectivity index (χ3n) is 4.85. The molecule has 1 N–H and O–H groups in total. The Morgan fingerprint density at radius 2 is 2.08 bits per heavy atom. The number of carbonyl (C=O) groups excluding carboxylic acids is 2. The second kappa shape index (κ2) is 7.99. The summed E-state index contributed by atoms with van der Waals surface area (Å²) < 4.78 is 6.80. The SMILES string of the molecule is CCc1cc[n+](CC(=O)Nc2sc3c(c2C(=O)OC)CC[C@H](C)C3)cc1. The third-order valence-corrected chi connectivity index (χ3v) is 6.02. The molecule has 1 aliphatic carbocycles. The van der Waals surface area contributed by atoms with Gasteiger partial charge in [-0.2, -0.15) is 4.57 Å². The van der Waals surface area contributed by atoms with Gasteiger partial charge in [-0.15, -0.1) is 11.3 Å². The van der Waals surface area contributed by atoms with Crippen molar-refractivity contribution >= 4 is 28.2 Å². The number of nitrogens with zero attached hydrogens (tertiary/aromatic N) is 1. The fraction of sp³-hybridized carbons (Fsp3) is 0.450. The van der Waals surface area contributed by atoms with Crippen molar-refractivity contribution in [1.29, 1.82) is 0 Å². The normalized spacial score (nSPS) is 16.0. The van der Waals surface area contributed by atoms with E-state index in [0.717, 1.165) is 31.2 Å². The van der Waals surface area contributed by atoms with E-state index in [0.29, 0.717) is 16.5 Å². The number of carbonyl (C=O) groups is 2. The van der Waals surface area contributed by atoms with E-state index in [-0.39, 0.29) is 18.4 Å². The number of anilines is 1. The molecule has 0 unspecified atom stereocenters. The number of aryl methyl sites for hydroxylation is 1. The van der Waals surface area contributed by atoms with E-state index in [2.05, 4.69) is 19.2 Å². The van der Waals surface area contributed by atoms with Crippen molar-refractivity contribution in [2.75, 3.05) is 12.4 Å². The van der Waals surface area contributed by atoms with E-state index in [4.69, 9.17) is 4.74 Å². The number of ether oxygens (including phenoxy) is 1. The van der Waals surface area contributed by atoms with Crippen LogP contribution in [-0.2, 0) is 35.3 Å². The number of fused-ring (bicyclic) bond motifs is 1. The smallest absolute Gasteiger partial charge is 0.341 e. The van der Waals surface area contributed by atoms with E-state index >= 15 is 0 Å². The molecule has 138 valence electrons. The fourth-order valence-corrected chi connectivity index (χ4v) is 4.73. The van der Waals surface area contributed by atoms with Crippen LogP contribution in [0, 0.1) is 5.92 Å². The molecule has 0 saturated carbocycles. The zero-order valence-corrected chi connectivity index (χ0v) is 16.3. The van der Waals surface area contributed by atoms with Crippen LogP contribution in [0.15, 0.2) is 24.5 Å². The number of nitrogens with one attached hydrogen (secondary N) is 1. The number of amides is 1. The Balaban J connectivity index is 1.79. The molecule has 1 atom stereocenters. The zero-order valence-electron chi connectivity index (χ0n) is 15.5. The Morgan fingerprint density at radius 1 is 1.35 bits per heavy atom. The molecule has 2 heterocycles. The highest BCUT2D eigenvalue weighted by molar-refractivity contribution is 7.17. The minimum absolute atomic E-state index is 0.143. The molecular weight excluding hydrogens is 348 g/mol. The van der Waals surface area contributed by atoms with Crippen LogP contribution in [0.5, 0.6) is 0 Å². The molecule has 1 aliphatic rings. The van der Waals surface area contributed by atoms with E-state index in [1.165, 1.54) is 28.9 Å². The summed E-state index contributed by atoms with van der Waals surface area (Å²) in [4.78, 5) is 26.0. The summed E-state index contributed by atoms with van der Waals surface area (Å²) in [6.45, 7) is 4.53. The molecule has 0 aromatic carbocycles. The van der Waals surface area contributed by atoms with E-state index < -0.39 is 0 Å². The number of hydrogen-bond donors (Lipinski definition) is 1. The molecule has 2 aromatic rings. The van der Waals surface area contributed by atoms with Gasteiger partial charge < -0.3 is 10.1 Å². The van der Waals surface area contributed by atoms with Crippen molar-refractivity contribution in [3.63, 3.8) is 0 Å². The monoisotopic (exact) mass is 373 g/mol. The van der Waals surface area contributed by atoms with Crippen LogP contribution in [0.3, 0.4) is 0 Å². The number of thiophene rings is 1. The minimum atomic E-state index is -0.368. The summed E-state index contributed by atoms with van der Waals surface area (Å²) in [7, 11) is 1.38. The van der Waals surface area contributed by atoms with Gasteiger partial charge in [-0.25, -0.2) is 4.79 Å². The second-order valence-corrected chi connectivity index (χ2v) is 7.93. The lowest BCUT2D eigenvalue weighted by Crippen LogP contribution is -2.39. The number of rotatable bonds is 5. The highest BCUT2D eigenvalue weighted by Gasteiger charge is 2.29. The number of pyridine rings is 1. The maximum absolute atomic E-state index is 12.5.